The van der Waals surface area contributed by atoms with Crippen molar-refractivity contribution < 1.29 is 4.39 Å². The molecule has 32 heavy (non-hydrogen) atoms. The SMILES string of the molecule is N#Cc1ccccc1-c1nc(N)c2nn(Cc3ncccc3F)cc2c1-c1ccncn1. The van der Waals surface area contributed by atoms with E-state index < -0.39 is 5.82 Å². The van der Waals surface area contributed by atoms with Gasteiger partial charge in [-0.25, -0.2) is 19.3 Å². The Morgan fingerprint density at radius 3 is 2.72 bits per heavy atom. The van der Waals surface area contributed by atoms with Gasteiger partial charge in [0, 0.05) is 35.1 Å². The maximum Gasteiger partial charge on any atom is 0.152 e. The number of aromatic nitrogens is 6. The summed E-state index contributed by atoms with van der Waals surface area (Å²) in [5.41, 5.74) is 9.83. The van der Waals surface area contributed by atoms with Crippen LogP contribution in [0.15, 0.2) is 67.4 Å². The van der Waals surface area contributed by atoms with E-state index >= 15 is 0 Å². The van der Waals surface area contributed by atoms with Crippen LogP contribution in [-0.2, 0) is 6.54 Å². The minimum atomic E-state index is -0.419. The van der Waals surface area contributed by atoms with Crippen LogP contribution >= 0.6 is 0 Å². The first-order chi connectivity index (χ1) is 15.7. The molecule has 0 saturated carbocycles. The number of anilines is 1. The summed E-state index contributed by atoms with van der Waals surface area (Å²) >= 11 is 0. The second-order valence-electron chi connectivity index (χ2n) is 6.99. The molecule has 5 aromatic rings. The largest absolute Gasteiger partial charge is 0.382 e. The molecule has 0 fully saturated rings. The lowest BCUT2D eigenvalue weighted by atomic mass is 9.96. The summed E-state index contributed by atoms with van der Waals surface area (Å²) in [6.07, 6.45) is 6.35. The van der Waals surface area contributed by atoms with Gasteiger partial charge in [-0.1, -0.05) is 18.2 Å². The molecule has 4 heterocycles. The average molecular weight is 422 g/mol. The number of pyridine rings is 2. The van der Waals surface area contributed by atoms with Crippen LogP contribution < -0.4 is 5.73 Å². The number of fused-ring (bicyclic) bond motifs is 1. The lowest BCUT2D eigenvalue weighted by Crippen LogP contribution is -2.04. The fraction of sp³-hybridized carbons (Fsp3) is 0.0435. The van der Waals surface area contributed by atoms with Gasteiger partial charge in [-0.2, -0.15) is 10.4 Å². The highest BCUT2D eigenvalue weighted by atomic mass is 19.1. The topological polar surface area (TPSA) is 119 Å². The monoisotopic (exact) mass is 422 g/mol. The van der Waals surface area contributed by atoms with E-state index in [4.69, 9.17) is 5.73 Å². The zero-order valence-corrected chi connectivity index (χ0v) is 16.6. The van der Waals surface area contributed by atoms with Crippen molar-refractivity contribution in [1.82, 2.24) is 29.7 Å². The molecule has 0 unspecified atom stereocenters. The van der Waals surface area contributed by atoms with Crippen LogP contribution in [0, 0.1) is 17.1 Å². The van der Waals surface area contributed by atoms with Crippen LogP contribution in [0.3, 0.4) is 0 Å². The highest BCUT2D eigenvalue weighted by molar-refractivity contribution is 6.04. The quantitative estimate of drug-likeness (QED) is 0.470. The Labute approximate surface area is 181 Å². The molecule has 9 heteroatoms. The van der Waals surface area contributed by atoms with Crippen LogP contribution in [0.25, 0.3) is 33.4 Å². The van der Waals surface area contributed by atoms with E-state index in [0.29, 0.717) is 39.0 Å². The Bertz CT molecular complexity index is 1490. The molecule has 1 aromatic carbocycles. The number of halogens is 1. The first kappa shape index (κ1) is 19.3. The summed E-state index contributed by atoms with van der Waals surface area (Å²) in [5.74, 6) is -0.224. The van der Waals surface area contributed by atoms with Crippen LogP contribution in [0.5, 0.6) is 0 Å². The van der Waals surface area contributed by atoms with Gasteiger partial charge in [0.2, 0.25) is 0 Å². The third-order valence-electron chi connectivity index (χ3n) is 5.03. The molecule has 8 nitrogen and oxygen atoms in total. The fourth-order valence-corrected chi connectivity index (χ4v) is 3.60. The van der Waals surface area contributed by atoms with Gasteiger partial charge in [-0.3, -0.25) is 9.67 Å². The lowest BCUT2D eigenvalue weighted by molar-refractivity contribution is 0.572. The minimum Gasteiger partial charge on any atom is -0.382 e. The van der Waals surface area contributed by atoms with Crippen molar-refractivity contribution in [1.29, 1.82) is 5.26 Å². The van der Waals surface area contributed by atoms with E-state index in [-0.39, 0.29) is 18.1 Å². The molecule has 0 aliphatic rings. The summed E-state index contributed by atoms with van der Waals surface area (Å²) < 4.78 is 15.7. The fourth-order valence-electron chi connectivity index (χ4n) is 3.60. The molecule has 4 aromatic heterocycles. The smallest absolute Gasteiger partial charge is 0.152 e. The van der Waals surface area contributed by atoms with E-state index in [1.54, 1.807) is 35.3 Å². The molecule has 2 N–H and O–H groups in total. The third-order valence-corrected chi connectivity index (χ3v) is 5.03. The highest BCUT2D eigenvalue weighted by Gasteiger charge is 2.21. The van der Waals surface area contributed by atoms with E-state index in [0.717, 1.165) is 0 Å². The van der Waals surface area contributed by atoms with Crippen molar-refractivity contribution >= 4 is 16.7 Å². The van der Waals surface area contributed by atoms with Crippen LogP contribution in [0.2, 0.25) is 0 Å². The summed E-state index contributed by atoms with van der Waals surface area (Å²) in [7, 11) is 0. The number of hydrogen-bond donors (Lipinski definition) is 1. The second kappa shape index (κ2) is 7.85. The standard InChI is InChI=1S/C23H15FN8/c24-17-6-3-8-28-19(17)12-32-11-16-20(18-7-9-27-13-29-18)21(30-23(26)22(16)31-32)15-5-2-1-4-14(15)10-25/h1-9,11,13H,12H2,(H2,26,30). The predicted octanol–water partition coefficient (Wildman–Crippen LogP) is 3.59. The number of nitrogens with zero attached hydrogens (tertiary/aromatic N) is 7. The van der Waals surface area contributed by atoms with Crippen LogP contribution in [0.1, 0.15) is 11.3 Å². The molecule has 0 aliphatic carbocycles. The van der Waals surface area contributed by atoms with E-state index in [1.807, 2.05) is 12.1 Å². The Hall–Kier alpha value is -4.71. The molecule has 0 aliphatic heterocycles. The lowest BCUT2D eigenvalue weighted by Gasteiger charge is -2.12. The van der Waals surface area contributed by atoms with Gasteiger partial charge in [0.15, 0.2) is 5.82 Å². The Morgan fingerprint density at radius 1 is 1.06 bits per heavy atom. The van der Waals surface area contributed by atoms with Crippen LogP contribution in [0.4, 0.5) is 10.2 Å². The Kier molecular flexibility index (Phi) is 4.72. The second-order valence-corrected chi connectivity index (χ2v) is 6.99. The van der Waals surface area contributed by atoms with Gasteiger partial charge in [0.05, 0.1) is 35.3 Å². The molecular formula is C23H15FN8. The number of hydrogen-bond acceptors (Lipinski definition) is 7. The summed E-state index contributed by atoms with van der Waals surface area (Å²) in [4.78, 5) is 17.1. The number of benzene rings is 1. The molecule has 0 spiro atoms. The van der Waals surface area contributed by atoms with Gasteiger partial charge >= 0.3 is 0 Å². The van der Waals surface area contributed by atoms with Crippen molar-refractivity contribution in [2.75, 3.05) is 5.73 Å². The van der Waals surface area contributed by atoms with Gasteiger partial charge in [0.25, 0.3) is 0 Å². The number of nitrogens with two attached hydrogens (primary N) is 1. The van der Waals surface area contributed by atoms with Gasteiger partial charge in [-0.05, 0) is 24.3 Å². The van der Waals surface area contributed by atoms with Crippen molar-refractivity contribution in [2.24, 2.45) is 0 Å². The first-order valence-electron chi connectivity index (χ1n) is 9.67. The van der Waals surface area contributed by atoms with E-state index in [2.05, 4.69) is 31.1 Å². The zero-order chi connectivity index (χ0) is 22.1. The van der Waals surface area contributed by atoms with Crippen molar-refractivity contribution in [3.05, 3.63) is 84.5 Å². The molecular weight excluding hydrogens is 407 g/mol. The molecule has 154 valence electrons. The van der Waals surface area contributed by atoms with Crippen molar-refractivity contribution in [3.63, 3.8) is 0 Å². The normalized spacial score (nSPS) is 10.9. The summed E-state index contributed by atoms with van der Waals surface area (Å²) in [5, 5.41) is 14.8. The van der Waals surface area contributed by atoms with Crippen molar-refractivity contribution in [3.8, 4) is 28.6 Å². The molecule has 0 amide bonds. The number of nitriles is 1. The van der Waals surface area contributed by atoms with Crippen LogP contribution in [-0.4, -0.2) is 29.7 Å². The number of rotatable bonds is 4. The highest BCUT2D eigenvalue weighted by Crippen LogP contribution is 2.38. The maximum absolute atomic E-state index is 14.1. The molecule has 0 atom stereocenters. The van der Waals surface area contributed by atoms with Gasteiger partial charge in [-0.15, -0.1) is 0 Å². The Morgan fingerprint density at radius 2 is 1.94 bits per heavy atom. The predicted molar refractivity (Wildman–Crippen MR) is 116 cm³/mol. The molecule has 5 rings (SSSR count). The maximum atomic E-state index is 14.1. The van der Waals surface area contributed by atoms with E-state index in [9.17, 15) is 9.65 Å². The van der Waals surface area contributed by atoms with Gasteiger partial charge < -0.3 is 5.73 Å². The minimum absolute atomic E-state index is 0.119. The average Bonchev–Trinajstić information content (AvgIpc) is 3.25. The van der Waals surface area contributed by atoms with Crippen molar-refractivity contribution in [2.45, 2.75) is 6.54 Å². The summed E-state index contributed by atoms with van der Waals surface area (Å²) in [6, 6.07) is 14.0. The molecule has 0 saturated heterocycles. The molecule has 0 bridgehead atoms. The van der Waals surface area contributed by atoms with Gasteiger partial charge in [0.1, 0.15) is 17.7 Å². The Balaban J connectivity index is 1.78. The van der Waals surface area contributed by atoms with E-state index in [1.165, 1.54) is 24.7 Å². The zero-order valence-electron chi connectivity index (χ0n) is 16.6. The molecule has 0 radical (unpaired) electrons. The summed E-state index contributed by atoms with van der Waals surface area (Å²) in [6.45, 7) is 0.119. The first-order valence-corrected chi connectivity index (χ1v) is 9.67. The number of nitrogen functional groups attached to an aromatic ring is 1. The third kappa shape index (κ3) is 3.30.